The Hall–Kier alpha value is -1.29. The van der Waals surface area contributed by atoms with E-state index in [0.717, 1.165) is 17.8 Å². The van der Waals surface area contributed by atoms with E-state index in [4.69, 9.17) is 16.3 Å². The Morgan fingerprint density at radius 2 is 2.10 bits per heavy atom. The predicted octanol–water partition coefficient (Wildman–Crippen LogP) is 4.63. The molecule has 0 radical (unpaired) electrons. The zero-order chi connectivity index (χ0) is 15.1. The first-order chi connectivity index (χ1) is 9.31. The van der Waals surface area contributed by atoms with Crippen LogP contribution in [0, 0.1) is 5.82 Å². The summed E-state index contributed by atoms with van der Waals surface area (Å²) in [6, 6.07) is 3.09. The molecule has 0 N–H and O–H groups in total. The maximum Gasteiger partial charge on any atom is 0.167 e. The summed E-state index contributed by atoms with van der Waals surface area (Å²) in [5.74, 6) is 0.563. The van der Waals surface area contributed by atoms with E-state index in [1.54, 1.807) is 6.07 Å². The minimum Gasteiger partial charge on any atom is -0.494 e. The van der Waals surface area contributed by atoms with E-state index in [1.807, 2.05) is 6.92 Å². The second-order valence-electron chi connectivity index (χ2n) is 5.56. The first kappa shape index (κ1) is 15.1. The van der Waals surface area contributed by atoms with Gasteiger partial charge in [0.05, 0.1) is 23.5 Å². The van der Waals surface area contributed by atoms with Gasteiger partial charge in [-0.05, 0) is 27.2 Å². The molecule has 1 heterocycles. The van der Waals surface area contributed by atoms with Crippen molar-refractivity contribution in [3.8, 4) is 5.75 Å². The molecule has 0 bridgehead atoms. The Bertz CT molecular complexity index is 634. The molecule has 0 spiro atoms. The molecule has 110 valence electrons. The molecule has 1 atom stereocenters. The number of hydrogen-bond acceptors (Lipinski definition) is 2. The van der Waals surface area contributed by atoms with Crippen LogP contribution in [-0.4, -0.2) is 16.7 Å². The number of fused-ring (bicyclic) bond motifs is 1. The molecular formula is C15H20ClFN2O. The molecule has 3 nitrogen and oxygen atoms in total. The van der Waals surface area contributed by atoms with Crippen molar-refractivity contribution >= 4 is 22.6 Å². The Labute approximate surface area is 123 Å². The van der Waals surface area contributed by atoms with Gasteiger partial charge in [0.25, 0.3) is 0 Å². The number of nitrogens with zero attached hydrogens (tertiary/aromatic N) is 2. The lowest BCUT2D eigenvalue weighted by Crippen LogP contribution is -2.27. The molecule has 0 saturated carbocycles. The highest BCUT2D eigenvalue weighted by atomic mass is 35.5. The van der Waals surface area contributed by atoms with E-state index in [9.17, 15) is 4.39 Å². The summed E-state index contributed by atoms with van der Waals surface area (Å²) in [6.07, 6.45) is 0.911. The van der Waals surface area contributed by atoms with Gasteiger partial charge in [-0.1, -0.05) is 6.92 Å². The van der Waals surface area contributed by atoms with E-state index in [2.05, 4.69) is 30.3 Å². The van der Waals surface area contributed by atoms with Crippen molar-refractivity contribution in [1.82, 2.24) is 9.55 Å². The third kappa shape index (κ3) is 2.37. The van der Waals surface area contributed by atoms with Crippen molar-refractivity contribution < 1.29 is 9.13 Å². The van der Waals surface area contributed by atoms with E-state index in [1.165, 1.54) is 13.2 Å². The van der Waals surface area contributed by atoms with Crippen molar-refractivity contribution in [2.45, 2.75) is 45.0 Å². The Morgan fingerprint density at radius 1 is 1.45 bits per heavy atom. The number of methoxy groups -OCH3 is 1. The van der Waals surface area contributed by atoms with Gasteiger partial charge in [-0.2, -0.15) is 0 Å². The monoisotopic (exact) mass is 298 g/mol. The van der Waals surface area contributed by atoms with Crippen LogP contribution in [0.3, 0.4) is 0 Å². The van der Waals surface area contributed by atoms with Gasteiger partial charge in [-0.25, -0.2) is 9.37 Å². The van der Waals surface area contributed by atoms with Crippen molar-refractivity contribution in [2.24, 2.45) is 0 Å². The van der Waals surface area contributed by atoms with Gasteiger partial charge in [-0.15, -0.1) is 11.6 Å². The zero-order valence-electron chi connectivity index (χ0n) is 12.5. The SMILES string of the molecule is CCC(C)(C)n1c(C(C)Cl)nc2cc(F)c(OC)cc21. The van der Waals surface area contributed by atoms with Gasteiger partial charge in [0.1, 0.15) is 5.82 Å². The largest absolute Gasteiger partial charge is 0.494 e. The highest BCUT2D eigenvalue weighted by Gasteiger charge is 2.27. The number of rotatable bonds is 4. The number of hydrogen-bond donors (Lipinski definition) is 0. The average molecular weight is 299 g/mol. The molecule has 1 unspecified atom stereocenters. The Morgan fingerprint density at radius 3 is 2.60 bits per heavy atom. The molecule has 0 fully saturated rings. The van der Waals surface area contributed by atoms with E-state index in [-0.39, 0.29) is 16.7 Å². The number of alkyl halides is 1. The minimum atomic E-state index is -0.410. The van der Waals surface area contributed by atoms with Gasteiger partial charge < -0.3 is 9.30 Å². The molecule has 0 amide bonds. The first-order valence-corrected chi connectivity index (χ1v) is 7.16. The van der Waals surface area contributed by atoms with Gasteiger partial charge in [0.15, 0.2) is 11.6 Å². The lowest BCUT2D eigenvalue weighted by atomic mass is 10.0. The lowest BCUT2D eigenvalue weighted by molar-refractivity contribution is 0.340. The van der Waals surface area contributed by atoms with Gasteiger partial charge in [0, 0.05) is 17.7 Å². The maximum atomic E-state index is 13.8. The third-order valence-electron chi connectivity index (χ3n) is 3.78. The van der Waals surface area contributed by atoms with Crippen LogP contribution in [-0.2, 0) is 5.54 Å². The van der Waals surface area contributed by atoms with Crippen molar-refractivity contribution in [3.05, 3.63) is 23.8 Å². The quantitative estimate of drug-likeness (QED) is 0.770. The standard InChI is InChI=1S/C15H20ClFN2O/c1-6-15(3,4)19-12-8-13(20-5)10(17)7-11(12)18-14(19)9(2)16/h7-9H,6H2,1-5H3. The van der Waals surface area contributed by atoms with Crippen molar-refractivity contribution in [3.63, 3.8) is 0 Å². The highest BCUT2D eigenvalue weighted by molar-refractivity contribution is 6.20. The molecule has 20 heavy (non-hydrogen) atoms. The van der Waals surface area contributed by atoms with Crippen molar-refractivity contribution in [2.75, 3.05) is 7.11 Å². The summed E-state index contributed by atoms with van der Waals surface area (Å²) >= 11 is 6.25. The smallest absolute Gasteiger partial charge is 0.167 e. The molecular weight excluding hydrogens is 279 g/mol. The number of benzene rings is 1. The second kappa shape index (κ2) is 5.24. The van der Waals surface area contributed by atoms with Crippen LogP contribution < -0.4 is 4.74 Å². The summed E-state index contributed by atoms with van der Waals surface area (Å²) in [6.45, 7) is 8.22. The zero-order valence-corrected chi connectivity index (χ0v) is 13.3. The average Bonchev–Trinajstić information content (AvgIpc) is 2.76. The molecule has 2 rings (SSSR count). The lowest BCUT2D eigenvalue weighted by Gasteiger charge is -2.28. The molecule has 2 aromatic rings. The van der Waals surface area contributed by atoms with Crippen LogP contribution in [0.15, 0.2) is 12.1 Å². The fraction of sp³-hybridized carbons (Fsp3) is 0.533. The summed E-state index contributed by atoms with van der Waals surface area (Å²) in [5.41, 5.74) is 1.29. The topological polar surface area (TPSA) is 27.1 Å². The normalized spacial score (nSPS) is 13.8. The van der Waals surface area contributed by atoms with Crippen LogP contribution >= 0.6 is 11.6 Å². The van der Waals surface area contributed by atoms with Gasteiger partial charge in [-0.3, -0.25) is 0 Å². The van der Waals surface area contributed by atoms with Crippen LogP contribution in [0.2, 0.25) is 0 Å². The van der Waals surface area contributed by atoms with Crippen LogP contribution in [0.1, 0.15) is 45.3 Å². The van der Waals surface area contributed by atoms with Crippen LogP contribution in [0.4, 0.5) is 4.39 Å². The summed E-state index contributed by atoms with van der Waals surface area (Å²) in [5, 5.41) is -0.248. The number of ether oxygens (including phenoxy) is 1. The Kier molecular flexibility index (Phi) is 3.96. The number of imidazole rings is 1. The molecule has 1 aromatic heterocycles. The molecule has 5 heteroatoms. The minimum absolute atomic E-state index is 0.157. The van der Waals surface area contributed by atoms with Crippen LogP contribution in [0.25, 0.3) is 11.0 Å². The summed E-state index contributed by atoms with van der Waals surface area (Å²) in [7, 11) is 1.46. The predicted molar refractivity (Wildman–Crippen MR) is 80.1 cm³/mol. The molecule has 0 aliphatic carbocycles. The Balaban J connectivity index is 2.83. The molecule has 1 aromatic carbocycles. The summed E-state index contributed by atoms with van der Waals surface area (Å²) < 4.78 is 21.0. The van der Waals surface area contributed by atoms with Crippen molar-refractivity contribution in [1.29, 1.82) is 0 Å². The van der Waals surface area contributed by atoms with E-state index >= 15 is 0 Å². The summed E-state index contributed by atoms with van der Waals surface area (Å²) in [4.78, 5) is 4.50. The molecule has 0 saturated heterocycles. The highest BCUT2D eigenvalue weighted by Crippen LogP contribution is 2.34. The maximum absolute atomic E-state index is 13.8. The van der Waals surface area contributed by atoms with Gasteiger partial charge in [0.2, 0.25) is 0 Å². The van der Waals surface area contributed by atoms with E-state index in [0.29, 0.717) is 5.52 Å². The number of halogens is 2. The number of aromatic nitrogens is 2. The molecule has 0 aliphatic rings. The second-order valence-corrected chi connectivity index (χ2v) is 6.22. The van der Waals surface area contributed by atoms with Gasteiger partial charge >= 0.3 is 0 Å². The van der Waals surface area contributed by atoms with Crippen LogP contribution in [0.5, 0.6) is 5.75 Å². The molecule has 0 aliphatic heterocycles. The fourth-order valence-corrected chi connectivity index (χ4v) is 2.46. The van der Waals surface area contributed by atoms with E-state index < -0.39 is 5.82 Å². The fourth-order valence-electron chi connectivity index (χ4n) is 2.32. The third-order valence-corrected chi connectivity index (χ3v) is 3.98. The first-order valence-electron chi connectivity index (χ1n) is 6.72.